The van der Waals surface area contributed by atoms with Crippen LogP contribution in [0.5, 0.6) is 5.75 Å². The summed E-state index contributed by atoms with van der Waals surface area (Å²) in [6.45, 7) is 10.2. The number of halogens is 1. The smallest absolute Gasteiger partial charge is 0.191 e. The fourth-order valence-electron chi connectivity index (χ4n) is 2.52. The second-order valence-electron chi connectivity index (χ2n) is 7.72. The van der Waals surface area contributed by atoms with E-state index >= 15 is 0 Å². The van der Waals surface area contributed by atoms with Crippen LogP contribution >= 0.6 is 24.0 Å². The SMILES string of the molecule is CCNC(=NCC(C)(C)CCS(C)(=O)=O)NCCc1ccc(C)c(OC)c1.I. The summed E-state index contributed by atoms with van der Waals surface area (Å²) in [4.78, 5) is 4.64. The average Bonchev–Trinajstić information content (AvgIpc) is 2.59. The van der Waals surface area contributed by atoms with Crippen molar-refractivity contribution in [1.29, 1.82) is 0 Å². The van der Waals surface area contributed by atoms with E-state index < -0.39 is 9.84 Å². The number of guanidine groups is 1. The molecule has 0 aliphatic rings. The summed E-state index contributed by atoms with van der Waals surface area (Å²) in [5.41, 5.74) is 2.16. The number of aliphatic imine (C=N–C) groups is 1. The number of rotatable bonds is 10. The zero-order chi connectivity index (χ0) is 20.5. The molecule has 0 saturated heterocycles. The lowest BCUT2D eigenvalue weighted by molar-refractivity contribution is 0.365. The Labute approximate surface area is 187 Å². The summed E-state index contributed by atoms with van der Waals surface area (Å²) in [5.74, 6) is 1.85. The van der Waals surface area contributed by atoms with Crippen LogP contribution in [-0.4, -0.2) is 53.1 Å². The molecular weight excluding hydrogens is 489 g/mol. The summed E-state index contributed by atoms with van der Waals surface area (Å²) in [5, 5.41) is 6.59. The molecule has 0 aliphatic heterocycles. The van der Waals surface area contributed by atoms with Crippen molar-refractivity contribution in [1.82, 2.24) is 10.6 Å². The van der Waals surface area contributed by atoms with Gasteiger partial charge in [-0.3, -0.25) is 4.99 Å². The lowest BCUT2D eigenvalue weighted by Crippen LogP contribution is -2.39. The summed E-state index contributed by atoms with van der Waals surface area (Å²) in [7, 11) is -1.26. The number of methoxy groups -OCH3 is 1. The lowest BCUT2D eigenvalue weighted by Gasteiger charge is -2.22. The minimum absolute atomic E-state index is 0. The number of benzene rings is 1. The summed E-state index contributed by atoms with van der Waals surface area (Å²) >= 11 is 0. The molecule has 0 spiro atoms. The topological polar surface area (TPSA) is 79.8 Å². The van der Waals surface area contributed by atoms with Crippen molar-refractivity contribution in [3.05, 3.63) is 29.3 Å². The minimum Gasteiger partial charge on any atom is -0.496 e. The molecule has 1 rings (SSSR count). The van der Waals surface area contributed by atoms with E-state index in [0.29, 0.717) is 13.0 Å². The molecule has 0 amide bonds. The Kier molecular flexibility index (Phi) is 12.1. The van der Waals surface area contributed by atoms with Crippen LogP contribution in [0.25, 0.3) is 0 Å². The molecule has 0 saturated carbocycles. The Balaban J connectivity index is 0.00000729. The molecule has 0 heterocycles. The first kappa shape index (κ1) is 27.0. The highest BCUT2D eigenvalue weighted by Gasteiger charge is 2.20. The van der Waals surface area contributed by atoms with Crippen molar-refractivity contribution in [3.63, 3.8) is 0 Å². The molecule has 0 radical (unpaired) electrons. The van der Waals surface area contributed by atoms with Gasteiger partial charge in [-0.15, -0.1) is 24.0 Å². The highest BCUT2D eigenvalue weighted by molar-refractivity contribution is 14.0. The van der Waals surface area contributed by atoms with Gasteiger partial charge in [-0.2, -0.15) is 0 Å². The maximum Gasteiger partial charge on any atom is 0.191 e. The zero-order valence-electron chi connectivity index (χ0n) is 18.0. The Hall–Kier alpha value is -1.03. The first-order valence-corrected chi connectivity index (χ1v) is 11.5. The molecular formula is C20H36IN3O3S. The molecule has 2 N–H and O–H groups in total. The van der Waals surface area contributed by atoms with Gasteiger partial charge >= 0.3 is 0 Å². The number of hydrogen-bond acceptors (Lipinski definition) is 4. The van der Waals surface area contributed by atoms with Gasteiger partial charge in [0, 0.05) is 25.9 Å². The van der Waals surface area contributed by atoms with E-state index in [1.54, 1.807) is 7.11 Å². The normalized spacial score (nSPS) is 12.3. The molecule has 162 valence electrons. The van der Waals surface area contributed by atoms with Gasteiger partial charge in [-0.05, 0) is 49.3 Å². The van der Waals surface area contributed by atoms with Crippen LogP contribution in [-0.2, 0) is 16.3 Å². The molecule has 1 aromatic rings. The maximum atomic E-state index is 11.4. The van der Waals surface area contributed by atoms with Crippen molar-refractivity contribution >= 4 is 39.8 Å². The van der Waals surface area contributed by atoms with E-state index in [2.05, 4.69) is 33.8 Å². The van der Waals surface area contributed by atoms with Crippen LogP contribution in [0.3, 0.4) is 0 Å². The molecule has 0 atom stereocenters. The third kappa shape index (κ3) is 11.1. The number of hydrogen-bond donors (Lipinski definition) is 2. The van der Waals surface area contributed by atoms with Crippen molar-refractivity contribution in [2.45, 2.75) is 40.5 Å². The fraction of sp³-hybridized carbons (Fsp3) is 0.650. The van der Waals surface area contributed by atoms with Crippen molar-refractivity contribution in [3.8, 4) is 5.75 Å². The van der Waals surface area contributed by atoms with E-state index in [9.17, 15) is 8.42 Å². The molecule has 6 nitrogen and oxygen atoms in total. The van der Waals surface area contributed by atoms with Crippen molar-refractivity contribution in [2.75, 3.05) is 38.8 Å². The number of sulfone groups is 1. The van der Waals surface area contributed by atoms with Crippen LogP contribution in [0.15, 0.2) is 23.2 Å². The molecule has 28 heavy (non-hydrogen) atoms. The zero-order valence-corrected chi connectivity index (χ0v) is 21.1. The second kappa shape index (κ2) is 12.5. The van der Waals surface area contributed by atoms with E-state index in [-0.39, 0.29) is 35.1 Å². The molecule has 1 aromatic carbocycles. The third-order valence-electron chi connectivity index (χ3n) is 4.34. The standard InChI is InChI=1S/C20H35N3O3S.HI/c1-7-21-19(23-15-20(3,4)11-13-27(6,24)25)22-12-10-17-9-8-16(2)18(14-17)26-5;/h8-9,14H,7,10-13,15H2,1-6H3,(H2,21,22,23);1H. The fourth-order valence-corrected chi connectivity index (χ4v) is 3.44. The molecule has 0 aliphatic carbocycles. The largest absolute Gasteiger partial charge is 0.496 e. The Morgan fingerprint density at radius 1 is 1.25 bits per heavy atom. The number of nitrogens with zero attached hydrogens (tertiary/aromatic N) is 1. The Bertz CT molecular complexity index is 734. The first-order valence-electron chi connectivity index (χ1n) is 9.40. The van der Waals surface area contributed by atoms with Gasteiger partial charge in [-0.25, -0.2) is 8.42 Å². The monoisotopic (exact) mass is 525 g/mol. The van der Waals surface area contributed by atoms with Crippen LogP contribution in [0.4, 0.5) is 0 Å². The summed E-state index contributed by atoms with van der Waals surface area (Å²) in [6.07, 6.45) is 2.73. The molecule has 0 fully saturated rings. The predicted molar refractivity (Wildman–Crippen MR) is 129 cm³/mol. The Morgan fingerprint density at radius 2 is 1.93 bits per heavy atom. The van der Waals surface area contributed by atoms with Gasteiger partial charge in [-0.1, -0.05) is 26.0 Å². The minimum atomic E-state index is -2.95. The van der Waals surface area contributed by atoms with Crippen molar-refractivity contribution in [2.24, 2.45) is 10.4 Å². The number of nitrogens with one attached hydrogen (secondary N) is 2. The van der Waals surface area contributed by atoms with Crippen molar-refractivity contribution < 1.29 is 13.2 Å². The summed E-state index contributed by atoms with van der Waals surface area (Å²) in [6, 6.07) is 6.24. The van der Waals surface area contributed by atoms with E-state index in [4.69, 9.17) is 4.74 Å². The quantitative estimate of drug-likeness (QED) is 0.279. The highest BCUT2D eigenvalue weighted by atomic mass is 127. The first-order chi connectivity index (χ1) is 12.6. The van der Waals surface area contributed by atoms with Gasteiger partial charge in [0.1, 0.15) is 15.6 Å². The van der Waals surface area contributed by atoms with Crippen LogP contribution < -0.4 is 15.4 Å². The van der Waals surface area contributed by atoms with E-state index in [1.807, 2.05) is 27.7 Å². The molecule has 0 bridgehead atoms. The third-order valence-corrected chi connectivity index (χ3v) is 5.28. The molecule has 0 aromatic heterocycles. The maximum absolute atomic E-state index is 11.4. The lowest BCUT2D eigenvalue weighted by atomic mass is 9.90. The van der Waals surface area contributed by atoms with E-state index in [0.717, 1.165) is 36.8 Å². The Morgan fingerprint density at radius 3 is 2.50 bits per heavy atom. The van der Waals surface area contributed by atoms with Gasteiger partial charge < -0.3 is 15.4 Å². The summed E-state index contributed by atoms with van der Waals surface area (Å²) < 4.78 is 28.2. The van der Waals surface area contributed by atoms with Gasteiger partial charge in [0.05, 0.1) is 12.9 Å². The molecule has 8 heteroatoms. The van der Waals surface area contributed by atoms with Crippen LogP contribution in [0, 0.1) is 12.3 Å². The molecule has 0 unspecified atom stereocenters. The second-order valence-corrected chi connectivity index (χ2v) is 9.98. The number of ether oxygens (including phenoxy) is 1. The van der Waals surface area contributed by atoms with Gasteiger partial charge in [0.15, 0.2) is 5.96 Å². The number of aryl methyl sites for hydroxylation is 1. The van der Waals surface area contributed by atoms with Gasteiger partial charge in [0.25, 0.3) is 0 Å². The predicted octanol–water partition coefficient (Wildman–Crippen LogP) is 3.18. The van der Waals surface area contributed by atoms with Gasteiger partial charge in [0.2, 0.25) is 0 Å². The van der Waals surface area contributed by atoms with Crippen LogP contribution in [0.1, 0.15) is 38.3 Å². The highest BCUT2D eigenvalue weighted by Crippen LogP contribution is 2.21. The average molecular weight is 525 g/mol. The van der Waals surface area contributed by atoms with E-state index in [1.165, 1.54) is 11.8 Å². The van der Waals surface area contributed by atoms with Crippen LogP contribution in [0.2, 0.25) is 0 Å².